The number of nitrogens with one attached hydrogen (secondary N) is 8. The normalized spacial score (nSPS) is 13.6. The Labute approximate surface area is 555 Å². The number of aliphatic carboxylic acids is 2. The van der Waals surface area contributed by atoms with Gasteiger partial charge in [0.15, 0.2) is 0 Å². The van der Waals surface area contributed by atoms with Crippen LogP contribution in [-0.2, 0) is 87.8 Å². The Morgan fingerprint density at radius 2 is 0.611 bits per heavy atom. The van der Waals surface area contributed by atoms with Gasteiger partial charge in [-0.05, 0) is 113 Å². The molecule has 4 rings (SSSR count). The van der Waals surface area contributed by atoms with Gasteiger partial charge in [-0.2, -0.15) is 0 Å². The largest absolute Gasteiger partial charge is 0.481 e. The lowest BCUT2D eigenvalue weighted by atomic mass is 10.0. The lowest BCUT2D eigenvalue weighted by Gasteiger charge is -2.28. The molecule has 0 aliphatic heterocycles. The van der Waals surface area contributed by atoms with Gasteiger partial charge >= 0.3 is 11.9 Å². The van der Waals surface area contributed by atoms with E-state index in [-0.39, 0.29) is 58.0 Å². The summed E-state index contributed by atoms with van der Waals surface area (Å²) in [6.45, 7) is 3.73. The van der Waals surface area contributed by atoms with Crippen molar-refractivity contribution in [1.82, 2.24) is 42.5 Å². The van der Waals surface area contributed by atoms with E-state index in [2.05, 4.69) is 42.5 Å². The average Bonchev–Trinajstić information content (AvgIpc) is 1.01. The van der Waals surface area contributed by atoms with Crippen molar-refractivity contribution in [3.8, 4) is 0 Å². The summed E-state index contributed by atoms with van der Waals surface area (Å²) >= 11 is 0. The number of carboxylic acids is 2. The number of amides is 8. The first kappa shape index (κ1) is 78.7. The van der Waals surface area contributed by atoms with E-state index in [1.54, 1.807) is 121 Å². The van der Waals surface area contributed by atoms with Gasteiger partial charge in [-0.25, -0.2) is 0 Å². The molecule has 0 aliphatic rings. The van der Waals surface area contributed by atoms with E-state index in [0.29, 0.717) is 102 Å². The number of carboxylic acid groups (broad SMARTS) is 2. The Morgan fingerprint density at radius 1 is 0.326 bits per heavy atom. The number of unbranched alkanes of at least 4 members (excludes halogenated alkanes) is 2. The SMILES string of the molecule is NCCCC[C@H](NC(=O)[C@H](Cc1ccccc1)NC(=O)[C@H](CCC(=O)O)NC(=O)[C@H](Cc1ccccc1)NC(=O)[C@H](CCCCN)NC(=O)[C@H](Cc1ccccc1)NC(=O)[C@H](CCC(=O)O)NC(=O)[C@@H](N)Cc1ccccc1)C(=O)NCCCOCCOCCOCCCN. The van der Waals surface area contributed by atoms with Gasteiger partial charge in [0.2, 0.25) is 47.3 Å². The number of hydrogen-bond acceptors (Lipinski definition) is 17. The smallest absolute Gasteiger partial charge is 0.303 e. The summed E-state index contributed by atoms with van der Waals surface area (Å²) in [5.41, 5.74) is 25.9. The molecule has 0 unspecified atom stereocenters. The standard InChI is InChI=1S/C68H98N12O15/c69-33-15-13-27-52(62(86)73-36-18-38-94-40-42-95-41-39-93-37-17-35-71)75-66(90)56(44-48-21-7-2-8-22-48)80-65(89)55(30-32-60(83)84)77-68(92)58(46-50-25-11-4-12-26-50)78-63(87)53(28-14-16-34-70)76-67(91)57(45-49-23-9-3-10-24-49)79-64(88)54(29-31-59(81)82)74-61(85)51(72)43-47-19-5-1-6-20-47/h1-12,19-26,51-58H,13-18,27-46,69-72H2,(H,73,86)(H,74,85)(H,75,90)(H,76,91)(H,77,92)(H,78,87)(H,79,88)(H,80,89)(H,81,82)(H,83,84)/t51-,52-,53-,54-,55-,56-,57-,58-/m0/s1. The monoisotopic (exact) mass is 1320 g/mol. The van der Waals surface area contributed by atoms with Crippen LogP contribution in [0, 0.1) is 0 Å². The zero-order chi connectivity index (χ0) is 69.0. The molecular weight excluding hydrogens is 1220 g/mol. The molecule has 8 amide bonds. The molecule has 520 valence electrons. The summed E-state index contributed by atoms with van der Waals surface area (Å²) in [5, 5.41) is 41.2. The number of carbonyl (C=O) groups is 10. The molecule has 0 spiro atoms. The van der Waals surface area contributed by atoms with Crippen LogP contribution in [0.2, 0.25) is 0 Å². The highest BCUT2D eigenvalue weighted by molar-refractivity contribution is 5.98. The number of carbonyl (C=O) groups excluding carboxylic acids is 8. The van der Waals surface area contributed by atoms with Crippen LogP contribution >= 0.6 is 0 Å². The van der Waals surface area contributed by atoms with Gasteiger partial charge in [-0.1, -0.05) is 121 Å². The van der Waals surface area contributed by atoms with Gasteiger partial charge in [-0.15, -0.1) is 0 Å². The third-order valence-corrected chi connectivity index (χ3v) is 15.1. The Hall–Kier alpha value is -8.70. The van der Waals surface area contributed by atoms with Crippen LogP contribution in [0.1, 0.15) is 99.3 Å². The van der Waals surface area contributed by atoms with Crippen LogP contribution in [0.3, 0.4) is 0 Å². The average molecular weight is 1320 g/mol. The number of benzene rings is 4. The van der Waals surface area contributed by atoms with Gasteiger partial charge < -0.3 is 89.9 Å². The van der Waals surface area contributed by atoms with Crippen molar-refractivity contribution in [3.05, 3.63) is 144 Å². The highest BCUT2D eigenvalue weighted by atomic mass is 16.5. The third kappa shape index (κ3) is 32.8. The first-order valence-corrected chi connectivity index (χ1v) is 32.5. The van der Waals surface area contributed by atoms with E-state index in [4.69, 9.17) is 37.1 Å². The predicted octanol–water partition coefficient (Wildman–Crippen LogP) is 0.571. The van der Waals surface area contributed by atoms with Crippen LogP contribution in [0.15, 0.2) is 121 Å². The van der Waals surface area contributed by atoms with Crippen molar-refractivity contribution < 1.29 is 72.4 Å². The number of ether oxygens (including phenoxy) is 3. The Balaban J connectivity index is 1.58. The molecule has 18 N–H and O–H groups in total. The molecule has 0 aromatic heterocycles. The fraction of sp³-hybridized carbons (Fsp3) is 0.500. The molecule has 95 heavy (non-hydrogen) atoms. The Kier molecular flexibility index (Phi) is 38.5. The second-order valence-electron chi connectivity index (χ2n) is 22.9. The molecule has 27 nitrogen and oxygen atoms in total. The van der Waals surface area contributed by atoms with E-state index >= 15 is 0 Å². The molecule has 0 saturated heterocycles. The fourth-order valence-electron chi connectivity index (χ4n) is 9.88. The lowest BCUT2D eigenvalue weighted by Crippen LogP contribution is -2.61. The minimum absolute atomic E-state index is 0.0273. The van der Waals surface area contributed by atoms with Crippen LogP contribution in [0.25, 0.3) is 0 Å². The molecule has 8 atom stereocenters. The van der Waals surface area contributed by atoms with Crippen molar-refractivity contribution in [1.29, 1.82) is 0 Å². The molecule has 27 heteroatoms. The summed E-state index contributed by atoms with van der Waals surface area (Å²) in [5.74, 6) is -9.08. The van der Waals surface area contributed by atoms with Crippen LogP contribution in [-0.4, -0.2) is 184 Å². The van der Waals surface area contributed by atoms with Crippen LogP contribution < -0.4 is 65.5 Å². The lowest BCUT2D eigenvalue weighted by molar-refractivity contribution is -0.139. The third-order valence-electron chi connectivity index (χ3n) is 15.1. The van der Waals surface area contributed by atoms with E-state index in [1.165, 1.54) is 0 Å². The van der Waals surface area contributed by atoms with Crippen molar-refractivity contribution in [3.63, 3.8) is 0 Å². The van der Waals surface area contributed by atoms with Crippen LogP contribution in [0.5, 0.6) is 0 Å². The van der Waals surface area contributed by atoms with E-state index in [9.17, 15) is 58.2 Å². The van der Waals surface area contributed by atoms with Crippen molar-refractivity contribution in [2.24, 2.45) is 22.9 Å². The molecular formula is C68H98N12O15. The van der Waals surface area contributed by atoms with Gasteiger partial charge in [0, 0.05) is 51.9 Å². The first-order chi connectivity index (χ1) is 45.9. The summed E-state index contributed by atoms with van der Waals surface area (Å²) in [6.07, 6.45) is 0.779. The van der Waals surface area contributed by atoms with E-state index < -0.39 is 127 Å². The highest BCUT2D eigenvalue weighted by Gasteiger charge is 2.35. The fourth-order valence-corrected chi connectivity index (χ4v) is 9.88. The summed E-state index contributed by atoms with van der Waals surface area (Å²) < 4.78 is 16.6. The molecule has 4 aromatic rings. The van der Waals surface area contributed by atoms with Gasteiger partial charge in [-0.3, -0.25) is 47.9 Å². The minimum Gasteiger partial charge on any atom is -0.481 e. The molecule has 0 radical (unpaired) electrons. The predicted molar refractivity (Wildman–Crippen MR) is 355 cm³/mol. The molecule has 4 aromatic carbocycles. The number of rotatable bonds is 50. The molecule has 0 fully saturated rings. The summed E-state index contributed by atoms with van der Waals surface area (Å²) in [4.78, 5) is 139. The topological polar surface area (TPSA) is 439 Å². The maximum atomic E-state index is 14.8. The van der Waals surface area contributed by atoms with Crippen molar-refractivity contribution in [2.75, 3.05) is 65.8 Å². The first-order valence-electron chi connectivity index (χ1n) is 32.5. The zero-order valence-electron chi connectivity index (χ0n) is 54.1. The summed E-state index contributed by atoms with van der Waals surface area (Å²) in [7, 11) is 0. The minimum atomic E-state index is -1.62. The quantitative estimate of drug-likeness (QED) is 0.0269. The van der Waals surface area contributed by atoms with Crippen LogP contribution in [0.4, 0.5) is 0 Å². The molecule has 0 aliphatic carbocycles. The Bertz CT molecular complexity index is 2940. The van der Waals surface area contributed by atoms with E-state index in [0.717, 1.165) is 12.0 Å². The maximum Gasteiger partial charge on any atom is 0.303 e. The second kappa shape index (κ2) is 46.4. The molecule has 0 bridgehead atoms. The van der Waals surface area contributed by atoms with Gasteiger partial charge in [0.05, 0.1) is 32.5 Å². The van der Waals surface area contributed by atoms with Crippen molar-refractivity contribution in [2.45, 2.75) is 151 Å². The zero-order valence-corrected chi connectivity index (χ0v) is 54.1. The summed E-state index contributed by atoms with van der Waals surface area (Å²) in [6, 6.07) is 23.7. The second-order valence-corrected chi connectivity index (χ2v) is 22.9. The molecule has 0 heterocycles. The van der Waals surface area contributed by atoms with Crippen molar-refractivity contribution >= 4 is 59.2 Å². The Morgan fingerprint density at radius 3 is 0.958 bits per heavy atom. The van der Waals surface area contributed by atoms with Gasteiger partial charge in [0.25, 0.3) is 0 Å². The maximum absolute atomic E-state index is 14.8. The van der Waals surface area contributed by atoms with Gasteiger partial charge in [0.1, 0.15) is 42.3 Å². The van der Waals surface area contributed by atoms with E-state index in [1.807, 2.05) is 0 Å². The highest BCUT2D eigenvalue weighted by Crippen LogP contribution is 2.14. The number of hydrogen-bond donors (Lipinski definition) is 14. The molecule has 0 saturated carbocycles. The number of nitrogens with two attached hydrogens (primary N) is 4.